The second kappa shape index (κ2) is 8.37. The van der Waals surface area contributed by atoms with Crippen LogP contribution in [0.1, 0.15) is 32.3 Å². The van der Waals surface area contributed by atoms with Crippen molar-refractivity contribution >= 4 is 11.1 Å². The van der Waals surface area contributed by atoms with Gasteiger partial charge in [0.2, 0.25) is 0 Å². The second-order valence-electron chi connectivity index (χ2n) is 7.76. The Kier molecular flexibility index (Phi) is 6.16. The van der Waals surface area contributed by atoms with Crippen LogP contribution < -0.4 is 5.76 Å². The van der Waals surface area contributed by atoms with Gasteiger partial charge < -0.3 is 9.52 Å². The van der Waals surface area contributed by atoms with Crippen molar-refractivity contribution in [3.63, 3.8) is 0 Å². The monoisotopic (exact) mass is 361 g/mol. The Bertz CT molecular complexity index is 772. The highest BCUT2D eigenvalue weighted by molar-refractivity contribution is 5.73. The second-order valence-corrected chi connectivity index (χ2v) is 7.76. The molecular formula is C20H31N3O3. The number of aliphatic hydroxyl groups excluding tert-OH is 1. The molecule has 6 heteroatoms. The maximum Gasteiger partial charge on any atom is 0.419 e. The molecule has 26 heavy (non-hydrogen) atoms. The van der Waals surface area contributed by atoms with Gasteiger partial charge in [-0.2, -0.15) is 0 Å². The number of benzene rings is 1. The van der Waals surface area contributed by atoms with Gasteiger partial charge in [0, 0.05) is 32.7 Å². The fourth-order valence-corrected chi connectivity index (χ4v) is 3.88. The molecule has 0 radical (unpaired) electrons. The summed E-state index contributed by atoms with van der Waals surface area (Å²) in [6, 6.07) is 6.50. The molecule has 0 aliphatic carbocycles. The number of hydrogen-bond donors (Lipinski definition) is 1. The largest absolute Gasteiger partial charge is 0.419 e. The van der Waals surface area contributed by atoms with Gasteiger partial charge in [-0.15, -0.1) is 0 Å². The lowest BCUT2D eigenvalue weighted by molar-refractivity contribution is 0.107. The third-order valence-corrected chi connectivity index (χ3v) is 5.58. The van der Waals surface area contributed by atoms with Gasteiger partial charge in [0.25, 0.3) is 0 Å². The van der Waals surface area contributed by atoms with Crippen LogP contribution in [0.4, 0.5) is 0 Å². The number of aromatic nitrogens is 1. The van der Waals surface area contributed by atoms with E-state index in [0.29, 0.717) is 17.5 Å². The lowest BCUT2D eigenvalue weighted by Crippen LogP contribution is -2.41. The lowest BCUT2D eigenvalue weighted by Gasteiger charge is -2.36. The van der Waals surface area contributed by atoms with E-state index in [0.717, 1.165) is 38.2 Å². The zero-order valence-corrected chi connectivity index (χ0v) is 16.1. The molecule has 6 nitrogen and oxygen atoms in total. The van der Waals surface area contributed by atoms with Gasteiger partial charge in [0.1, 0.15) is 0 Å². The molecule has 0 bridgehead atoms. The summed E-state index contributed by atoms with van der Waals surface area (Å²) in [5.41, 5.74) is 2.73. The standard InChI is InChI=1S/C20H31N3O3/c1-15(2)23(10-11-24)14-16-6-8-22(9-7-16)13-17-4-5-19-18(12-17)21(3)20(25)26-19/h4-5,12,15-16,24H,6-11,13-14H2,1-3H3. The summed E-state index contributed by atoms with van der Waals surface area (Å²) in [4.78, 5) is 16.5. The highest BCUT2D eigenvalue weighted by Crippen LogP contribution is 2.22. The van der Waals surface area contributed by atoms with Crippen LogP contribution in [0, 0.1) is 5.92 Å². The molecule has 0 amide bonds. The molecule has 2 heterocycles. The van der Waals surface area contributed by atoms with E-state index in [9.17, 15) is 9.90 Å². The fourth-order valence-electron chi connectivity index (χ4n) is 3.88. The SMILES string of the molecule is CC(C)N(CCO)CC1CCN(Cc2ccc3oc(=O)n(C)c3c2)CC1. The highest BCUT2D eigenvalue weighted by atomic mass is 16.4. The summed E-state index contributed by atoms with van der Waals surface area (Å²) in [6.07, 6.45) is 2.39. The van der Waals surface area contributed by atoms with E-state index in [1.54, 1.807) is 11.6 Å². The zero-order valence-electron chi connectivity index (χ0n) is 16.1. The smallest absolute Gasteiger partial charge is 0.408 e. The van der Waals surface area contributed by atoms with Gasteiger partial charge >= 0.3 is 5.76 Å². The number of aryl methyl sites for hydroxylation is 1. The molecule has 1 saturated heterocycles. The fraction of sp³-hybridized carbons (Fsp3) is 0.650. The van der Waals surface area contributed by atoms with Crippen LogP contribution in [-0.4, -0.2) is 58.3 Å². The molecule has 1 aromatic heterocycles. The highest BCUT2D eigenvalue weighted by Gasteiger charge is 2.22. The molecule has 1 aliphatic heterocycles. The van der Waals surface area contributed by atoms with Gasteiger partial charge in [-0.25, -0.2) is 4.79 Å². The molecule has 1 aliphatic rings. The first kappa shape index (κ1) is 19.1. The normalized spacial score (nSPS) is 17.0. The van der Waals surface area contributed by atoms with Crippen molar-refractivity contribution in [3.8, 4) is 0 Å². The molecule has 0 atom stereocenters. The number of oxazole rings is 1. The topological polar surface area (TPSA) is 61.9 Å². The van der Waals surface area contributed by atoms with E-state index in [1.807, 2.05) is 6.07 Å². The minimum atomic E-state index is -0.310. The molecule has 0 spiro atoms. The van der Waals surface area contributed by atoms with Gasteiger partial charge in [-0.1, -0.05) is 6.07 Å². The van der Waals surface area contributed by atoms with Crippen molar-refractivity contribution in [1.82, 2.24) is 14.4 Å². The van der Waals surface area contributed by atoms with Crippen LogP contribution in [0.15, 0.2) is 27.4 Å². The summed E-state index contributed by atoms with van der Waals surface area (Å²) in [5.74, 6) is 0.396. The van der Waals surface area contributed by atoms with Crippen molar-refractivity contribution in [2.45, 2.75) is 39.3 Å². The van der Waals surface area contributed by atoms with Crippen molar-refractivity contribution in [2.24, 2.45) is 13.0 Å². The summed E-state index contributed by atoms with van der Waals surface area (Å²) in [5, 5.41) is 9.24. The predicted molar refractivity (Wildman–Crippen MR) is 103 cm³/mol. The number of likely N-dealkylation sites (tertiary alicyclic amines) is 1. The Morgan fingerprint density at radius 3 is 2.69 bits per heavy atom. The molecule has 3 rings (SSSR count). The van der Waals surface area contributed by atoms with Crippen molar-refractivity contribution in [2.75, 3.05) is 32.8 Å². The summed E-state index contributed by atoms with van der Waals surface area (Å²) in [6.45, 7) is 9.57. The van der Waals surface area contributed by atoms with Crippen molar-refractivity contribution in [3.05, 3.63) is 34.3 Å². The Morgan fingerprint density at radius 1 is 1.31 bits per heavy atom. The van der Waals surface area contributed by atoms with E-state index < -0.39 is 0 Å². The van der Waals surface area contributed by atoms with Crippen molar-refractivity contribution in [1.29, 1.82) is 0 Å². The third-order valence-electron chi connectivity index (χ3n) is 5.58. The van der Waals surface area contributed by atoms with Crippen LogP contribution in [0.2, 0.25) is 0 Å². The molecule has 1 fully saturated rings. The predicted octanol–water partition coefficient (Wildman–Crippen LogP) is 2.05. The summed E-state index contributed by atoms with van der Waals surface area (Å²) < 4.78 is 6.77. The summed E-state index contributed by atoms with van der Waals surface area (Å²) >= 11 is 0. The van der Waals surface area contributed by atoms with Gasteiger partial charge in [0.05, 0.1) is 12.1 Å². The molecular weight excluding hydrogens is 330 g/mol. The Balaban J connectivity index is 1.55. The first-order chi connectivity index (χ1) is 12.5. The zero-order chi connectivity index (χ0) is 18.7. The molecule has 2 aromatic rings. The molecule has 0 saturated carbocycles. The lowest BCUT2D eigenvalue weighted by atomic mass is 9.95. The van der Waals surface area contributed by atoms with E-state index in [-0.39, 0.29) is 12.4 Å². The van der Waals surface area contributed by atoms with Gasteiger partial charge in [-0.3, -0.25) is 14.4 Å². The number of hydrogen-bond acceptors (Lipinski definition) is 5. The Hall–Kier alpha value is -1.63. The van der Waals surface area contributed by atoms with Crippen LogP contribution >= 0.6 is 0 Å². The number of fused-ring (bicyclic) bond motifs is 1. The minimum absolute atomic E-state index is 0.232. The van der Waals surface area contributed by atoms with Crippen molar-refractivity contribution < 1.29 is 9.52 Å². The van der Waals surface area contributed by atoms with Gasteiger partial charge in [-0.05, 0) is 63.4 Å². The number of aliphatic hydroxyl groups is 1. The molecule has 1 aromatic carbocycles. The maximum atomic E-state index is 11.6. The van der Waals surface area contributed by atoms with E-state index >= 15 is 0 Å². The number of rotatable bonds is 7. The van der Waals surface area contributed by atoms with Crippen LogP contribution in [-0.2, 0) is 13.6 Å². The quantitative estimate of drug-likeness (QED) is 0.818. The Labute approximate surface area is 155 Å². The first-order valence-electron chi connectivity index (χ1n) is 9.63. The Morgan fingerprint density at radius 2 is 2.04 bits per heavy atom. The van der Waals surface area contributed by atoms with E-state index in [2.05, 4.69) is 35.8 Å². The van der Waals surface area contributed by atoms with Crippen LogP contribution in [0.3, 0.4) is 0 Å². The number of piperidine rings is 1. The number of nitrogens with zero attached hydrogens (tertiary/aromatic N) is 3. The van der Waals surface area contributed by atoms with Crippen LogP contribution in [0.5, 0.6) is 0 Å². The average molecular weight is 361 g/mol. The van der Waals surface area contributed by atoms with Gasteiger partial charge in [0.15, 0.2) is 5.58 Å². The minimum Gasteiger partial charge on any atom is -0.408 e. The van der Waals surface area contributed by atoms with Crippen LogP contribution in [0.25, 0.3) is 11.1 Å². The van der Waals surface area contributed by atoms with E-state index in [1.165, 1.54) is 18.4 Å². The molecule has 144 valence electrons. The first-order valence-corrected chi connectivity index (χ1v) is 9.63. The molecule has 1 N–H and O–H groups in total. The van der Waals surface area contributed by atoms with E-state index in [4.69, 9.17) is 4.42 Å². The summed E-state index contributed by atoms with van der Waals surface area (Å²) in [7, 11) is 1.75. The third kappa shape index (κ3) is 4.37. The maximum absolute atomic E-state index is 11.6. The molecule has 0 unspecified atom stereocenters. The average Bonchev–Trinajstić information content (AvgIpc) is 2.90.